The van der Waals surface area contributed by atoms with Gasteiger partial charge in [0.05, 0.1) is 5.75 Å². The van der Waals surface area contributed by atoms with Crippen LogP contribution in [-0.2, 0) is 21.2 Å². The van der Waals surface area contributed by atoms with Crippen molar-refractivity contribution in [2.24, 2.45) is 0 Å². The highest BCUT2D eigenvalue weighted by Crippen LogP contribution is 2.30. The Labute approximate surface area is 141 Å². The monoisotopic (exact) mass is 344 g/mol. The molecule has 126 valence electrons. The highest BCUT2D eigenvalue weighted by molar-refractivity contribution is 7.90. The van der Waals surface area contributed by atoms with E-state index < -0.39 is 9.84 Å². The second-order valence-electron chi connectivity index (χ2n) is 5.92. The van der Waals surface area contributed by atoms with E-state index in [1.807, 2.05) is 30.3 Å². The zero-order chi connectivity index (χ0) is 17.3. The molecule has 0 aliphatic rings. The van der Waals surface area contributed by atoms with E-state index in [2.05, 4.69) is 28.9 Å². The van der Waals surface area contributed by atoms with Gasteiger partial charge in [-0.25, -0.2) is 8.42 Å². The molecule has 24 heavy (non-hydrogen) atoms. The van der Waals surface area contributed by atoms with Gasteiger partial charge in [0.25, 0.3) is 0 Å². The standard InChI is InChI=1S/C18H20N2O3S/c1-3-20-16-7-5-4-6-14(16)15-12-13(8-9-17(15)20)19-18(21)10-11-24(2,22)23/h4-9,12H,3,10-11H2,1-2H3,(H,19,21). The zero-order valence-electron chi connectivity index (χ0n) is 13.7. The molecule has 0 spiro atoms. The molecule has 0 saturated heterocycles. The maximum atomic E-state index is 11.9. The summed E-state index contributed by atoms with van der Waals surface area (Å²) in [7, 11) is -3.14. The fourth-order valence-corrected chi connectivity index (χ4v) is 3.53. The molecule has 3 rings (SSSR count). The third-order valence-electron chi connectivity index (χ3n) is 4.07. The lowest BCUT2D eigenvalue weighted by Gasteiger charge is -2.06. The number of nitrogens with one attached hydrogen (secondary N) is 1. The van der Waals surface area contributed by atoms with Crippen LogP contribution in [0.3, 0.4) is 0 Å². The van der Waals surface area contributed by atoms with Crippen molar-refractivity contribution in [2.45, 2.75) is 19.9 Å². The summed E-state index contributed by atoms with van der Waals surface area (Å²) in [5.41, 5.74) is 2.96. The van der Waals surface area contributed by atoms with Crippen LogP contribution in [0.1, 0.15) is 13.3 Å². The fourth-order valence-electron chi connectivity index (χ4n) is 2.97. The van der Waals surface area contributed by atoms with E-state index in [1.165, 1.54) is 0 Å². The maximum Gasteiger partial charge on any atom is 0.225 e. The molecular weight excluding hydrogens is 324 g/mol. The highest BCUT2D eigenvalue weighted by atomic mass is 32.2. The van der Waals surface area contributed by atoms with Crippen molar-refractivity contribution < 1.29 is 13.2 Å². The van der Waals surface area contributed by atoms with Crippen LogP contribution in [-0.4, -0.2) is 30.9 Å². The number of hydrogen-bond acceptors (Lipinski definition) is 3. The summed E-state index contributed by atoms with van der Waals surface area (Å²) in [4.78, 5) is 11.9. The molecule has 5 nitrogen and oxygen atoms in total. The summed E-state index contributed by atoms with van der Waals surface area (Å²) in [5, 5.41) is 5.00. The molecule has 3 aromatic rings. The SMILES string of the molecule is CCn1c2ccccc2c2cc(NC(=O)CCS(C)(=O)=O)ccc21. The van der Waals surface area contributed by atoms with Crippen molar-refractivity contribution in [2.75, 3.05) is 17.3 Å². The van der Waals surface area contributed by atoms with Gasteiger partial charge in [-0.1, -0.05) is 18.2 Å². The summed E-state index contributed by atoms with van der Waals surface area (Å²) in [5.74, 6) is -0.435. The molecular formula is C18H20N2O3S. The Kier molecular flexibility index (Phi) is 4.32. The molecule has 6 heteroatoms. The summed E-state index contributed by atoms with van der Waals surface area (Å²) >= 11 is 0. The Morgan fingerprint density at radius 1 is 1.08 bits per heavy atom. The number of aryl methyl sites for hydroxylation is 1. The van der Waals surface area contributed by atoms with Crippen LogP contribution in [0.25, 0.3) is 21.8 Å². The molecule has 0 aliphatic carbocycles. The first-order valence-electron chi connectivity index (χ1n) is 7.87. The average Bonchev–Trinajstić information content (AvgIpc) is 2.85. The molecule has 0 aliphatic heterocycles. The van der Waals surface area contributed by atoms with Crippen molar-refractivity contribution in [1.29, 1.82) is 0 Å². The number of rotatable bonds is 5. The van der Waals surface area contributed by atoms with Gasteiger partial charge < -0.3 is 9.88 Å². The number of carbonyl (C=O) groups excluding carboxylic acids is 1. The second kappa shape index (κ2) is 6.28. The predicted molar refractivity (Wildman–Crippen MR) is 98.1 cm³/mol. The quantitative estimate of drug-likeness (QED) is 0.773. The topological polar surface area (TPSA) is 68.2 Å². The van der Waals surface area contributed by atoms with Crippen LogP contribution in [0.2, 0.25) is 0 Å². The van der Waals surface area contributed by atoms with E-state index >= 15 is 0 Å². The summed E-state index contributed by atoms with van der Waals surface area (Å²) in [6.07, 6.45) is 1.10. The predicted octanol–water partition coefficient (Wildman–Crippen LogP) is 3.19. The van der Waals surface area contributed by atoms with Gasteiger partial charge >= 0.3 is 0 Å². The number of anilines is 1. The van der Waals surface area contributed by atoms with Crippen molar-refractivity contribution in [3.8, 4) is 0 Å². The second-order valence-corrected chi connectivity index (χ2v) is 8.18. The number of nitrogens with zero attached hydrogens (tertiary/aromatic N) is 1. The molecule has 0 atom stereocenters. The number of benzene rings is 2. The van der Waals surface area contributed by atoms with Gasteiger partial charge in [-0.3, -0.25) is 4.79 Å². The molecule has 1 amide bonds. The zero-order valence-corrected chi connectivity index (χ0v) is 14.6. The van der Waals surface area contributed by atoms with Crippen LogP contribution in [0.15, 0.2) is 42.5 Å². The molecule has 0 radical (unpaired) electrons. The van der Waals surface area contributed by atoms with Crippen molar-refractivity contribution in [3.63, 3.8) is 0 Å². The van der Waals surface area contributed by atoms with E-state index in [4.69, 9.17) is 0 Å². The van der Waals surface area contributed by atoms with Gasteiger partial charge in [-0.2, -0.15) is 0 Å². The molecule has 1 heterocycles. The van der Waals surface area contributed by atoms with Crippen molar-refractivity contribution in [1.82, 2.24) is 4.57 Å². The Morgan fingerprint density at radius 3 is 2.50 bits per heavy atom. The summed E-state index contributed by atoms with van der Waals surface area (Å²) in [6, 6.07) is 14.0. The van der Waals surface area contributed by atoms with Crippen LogP contribution in [0, 0.1) is 0 Å². The Balaban J connectivity index is 1.94. The van der Waals surface area contributed by atoms with Crippen molar-refractivity contribution in [3.05, 3.63) is 42.5 Å². The van der Waals surface area contributed by atoms with Crippen molar-refractivity contribution >= 4 is 43.2 Å². The Hall–Kier alpha value is -2.34. The van der Waals surface area contributed by atoms with E-state index in [9.17, 15) is 13.2 Å². The minimum Gasteiger partial charge on any atom is -0.341 e. The first-order valence-corrected chi connectivity index (χ1v) is 9.93. The largest absolute Gasteiger partial charge is 0.341 e. The number of hydrogen-bond donors (Lipinski definition) is 1. The lowest BCUT2D eigenvalue weighted by molar-refractivity contribution is -0.115. The van der Waals surface area contributed by atoms with Crippen LogP contribution in [0.4, 0.5) is 5.69 Å². The number of amides is 1. The number of para-hydroxylation sites is 1. The highest BCUT2D eigenvalue weighted by Gasteiger charge is 2.12. The van der Waals surface area contributed by atoms with Gasteiger partial charge in [-0.15, -0.1) is 0 Å². The molecule has 0 saturated carbocycles. The van der Waals surface area contributed by atoms with Crippen LogP contribution < -0.4 is 5.32 Å². The van der Waals surface area contributed by atoms with Gasteiger partial charge in [0.15, 0.2) is 0 Å². The van der Waals surface area contributed by atoms with E-state index in [1.54, 1.807) is 0 Å². The summed E-state index contributed by atoms with van der Waals surface area (Å²) < 4.78 is 24.6. The maximum absolute atomic E-state index is 11.9. The van der Waals surface area contributed by atoms with Crippen LogP contribution >= 0.6 is 0 Å². The van der Waals surface area contributed by atoms with Gasteiger partial charge in [0.2, 0.25) is 5.91 Å². The molecule has 2 aromatic carbocycles. The number of aromatic nitrogens is 1. The molecule has 0 unspecified atom stereocenters. The van der Waals surface area contributed by atoms with Gasteiger partial charge in [0, 0.05) is 46.7 Å². The minimum atomic E-state index is -3.14. The Morgan fingerprint density at radius 2 is 1.79 bits per heavy atom. The summed E-state index contributed by atoms with van der Waals surface area (Å²) in [6.45, 7) is 2.97. The van der Waals surface area contributed by atoms with E-state index in [-0.39, 0.29) is 18.1 Å². The number of sulfone groups is 1. The third kappa shape index (κ3) is 3.28. The fraction of sp³-hybridized carbons (Fsp3) is 0.278. The number of fused-ring (bicyclic) bond motifs is 3. The molecule has 0 bridgehead atoms. The smallest absolute Gasteiger partial charge is 0.225 e. The van der Waals surface area contributed by atoms with Gasteiger partial charge in [0.1, 0.15) is 9.84 Å². The molecule has 0 fully saturated rings. The number of carbonyl (C=O) groups is 1. The normalized spacial score (nSPS) is 11.9. The van der Waals surface area contributed by atoms with E-state index in [0.717, 1.165) is 34.6 Å². The first kappa shape index (κ1) is 16.5. The lowest BCUT2D eigenvalue weighted by atomic mass is 10.1. The molecule has 1 N–H and O–H groups in total. The molecule has 1 aromatic heterocycles. The first-order chi connectivity index (χ1) is 11.4. The van der Waals surface area contributed by atoms with Crippen LogP contribution in [0.5, 0.6) is 0 Å². The minimum absolute atomic E-state index is 0.0341. The van der Waals surface area contributed by atoms with E-state index in [0.29, 0.717) is 5.69 Å². The third-order valence-corrected chi connectivity index (χ3v) is 5.02. The Bertz CT molecular complexity index is 1020. The lowest BCUT2D eigenvalue weighted by Crippen LogP contribution is -2.16. The van der Waals surface area contributed by atoms with Gasteiger partial charge in [-0.05, 0) is 31.2 Å². The average molecular weight is 344 g/mol.